The largest absolute Gasteiger partial charge is 0.361 e. The molecule has 6 nitrogen and oxygen atoms in total. The number of nitrogens with zero attached hydrogens (tertiary/aromatic N) is 1. The smallest absolute Gasteiger partial charge is 0.190 e. The van der Waals surface area contributed by atoms with E-state index in [0.717, 1.165) is 22.0 Å². The first-order chi connectivity index (χ1) is 14.5. The van der Waals surface area contributed by atoms with Crippen LogP contribution in [0.2, 0.25) is 0 Å². The average Bonchev–Trinajstić information content (AvgIpc) is 3.12. The van der Waals surface area contributed by atoms with E-state index in [1.54, 1.807) is 13.1 Å². The third kappa shape index (κ3) is 6.32. The van der Waals surface area contributed by atoms with E-state index in [-0.39, 0.29) is 17.3 Å². The average molecular weight is 431 g/mol. The van der Waals surface area contributed by atoms with Gasteiger partial charge in [-0.15, -0.1) is 0 Å². The monoisotopic (exact) mass is 430 g/mol. The van der Waals surface area contributed by atoms with Crippen molar-refractivity contribution in [1.82, 2.24) is 15.6 Å². The lowest BCUT2D eigenvalue weighted by atomic mass is 10.1. The number of benzene rings is 2. The van der Waals surface area contributed by atoms with E-state index in [9.17, 15) is 12.8 Å². The third-order valence-corrected chi connectivity index (χ3v) is 6.48. The summed E-state index contributed by atoms with van der Waals surface area (Å²) in [6.45, 7) is 1.13. The zero-order chi connectivity index (χ0) is 21.4. The molecule has 0 unspecified atom stereocenters. The van der Waals surface area contributed by atoms with E-state index in [1.807, 2.05) is 36.5 Å². The lowest BCUT2D eigenvalue weighted by molar-refractivity contribution is 0.591. The number of hydrogen-bond donors (Lipinski definition) is 3. The number of halogens is 1. The van der Waals surface area contributed by atoms with Crippen LogP contribution < -0.4 is 10.6 Å². The molecular formula is C22H27FN4O2S. The number of aromatic nitrogens is 1. The Kier molecular flexibility index (Phi) is 7.46. The highest BCUT2D eigenvalue weighted by atomic mass is 32.2. The fourth-order valence-electron chi connectivity index (χ4n) is 3.29. The van der Waals surface area contributed by atoms with Gasteiger partial charge in [-0.2, -0.15) is 0 Å². The molecule has 0 saturated heterocycles. The predicted octanol–water partition coefficient (Wildman–Crippen LogP) is 3.02. The van der Waals surface area contributed by atoms with E-state index in [4.69, 9.17) is 0 Å². The van der Waals surface area contributed by atoms with Crippen LogP contribution in [0.3, 0.4) is 0 Å². The van der Waals surface area contributed by atoms with Gasteiger partial charge in [0, 0.05) is 37.2 Å². The van der Waals surface area contributed by atoms with Gasteiger partial charge in [-0.05, 0) is 42.2 Å². The maximum atomic E-state index is 13.5. The Morgan fingerprint density at radius 3 is 2.63 bits per heavy atom. The number of guanidine groups is 1. The molecule has 0 aliphatic rings. The minimum absolute atomic E-state index is 0.0615. The molecule has 8 heteroatoms. The Morgan fingerprint density at radius 2 is 1.87 bits per heavy atom. The SMILES string of the molecule is CN=C(NCCCS(=O)(=O)Cc1ccccc1)NCCc1c[nH]c2ccc(F)cc12. The van der Waals surface area contributed by atoms with Gasteiger partial charge < -0.3 is 15.6 Å². The summed E-state index contributed by atoms with van der Waals surface area (Å²) >= 11 is 0. The normalized spacial score (nSPS) is 12.3. The highest BCUT2D eigenvalue weighted by molar-refractivity contribution is 7.90. The lowest BCUT2D eigenvalue weighted by Crippen LogP contribution is -2.39. The zero-order valence-electron chi connectivity index (χ0n) is 17.0. The summed E-state index contributed by atoms with van der Waals surface area (Å²) in [6.07, 6.45) is 3.09. The first-order valence-corrected chi connectivity index (χ1v) is 11.7. The summed E-state index contributed by atoms with van der Waals surface area (Å²) in [6, 6.07) is 13.9. The van der Waals surface area contributed by atoms with Crippen LogP contribution in [0.25, 0.3) is 10.9 Å². The molecule has 3 rings (SSSR count). The maximum absolute atomic E-state index is 13.5. The van der Waals surface area contributed by atoms with Gasteiger partial charge in [-0.25, -0.2) is 12.8 Å². The van der Waals surface area contributed by atoms with Crippen LogP contribution in [0.1, 0.15) is 17.5 Å². The predicted molar refractivity (Wildman–Crippen MR) is 120 cm³/mol. The molecule has 0 amide bonds. The standard InChI is InChI=1S/C22H27FN4O2S/c1-24-22(25-11-5-13-30(28,29)16-17-6-3-2-4-7-17)26-12-10-18-15-27-21-9-8-19(23)14-20(18)21/h2-4,6-9,14-15,27H,5,10-13,16H2,1H3,(H2,24,25,26). The van der Waals surface area contributed by atoms with Crippen molar-refractivity contribution in [3.63, 3.8) is 0 Å². The molecule has 0 bridgehead atoms. The van der Waals surface area contributed by atoms with E-state index >= 15 is 0 Å². The minimum atomic E-state index is -3.14. The Labute approximate surface area is 176 Å². The minimum Gasteiger partial charge on any atom is -0.361 e. The first-order valence-electron chi connectivity index (χ1n) is 9.91. The Hall–Kier alpha value is -2.87. The van der Waals surface area contributed by atoms with Gasteiger partial charge in [0.25, 0.3) is 0 Å². The van der Waals surface area contributed by atoms with Crippen molar-refractivity contribution in [2.75, 3.05) is 25.9 Å². The Morgan fingerprint density at radius 1 is 1.10 bits per heavy atom. The molecule has 0 atom stereocenters. The highest BCUT2D eigenvalue weighted by Crippen LogP contribution is 2.19. The second-order valence-corrected chi connectivity index (χ2v) is 9.29. The Bertz CT molecular complexity index is 1090. The van der Waals surface area contributed by atoms with E-state index < -0.39 is 9.84 Å². The molecule has 1 heterocycles. The molecule has 0 spiro atoms. The van der Waals surface area contributed by atoms with E-state index in [2.05, 4.69) is 20.6 Å². The van der Waals surface area contributed by atoms with Crippen LogP contribution in [-0.2, 0) is 22.0 Å². The number of aromatic amines is 1. The molecule has 2 aromatic carbocycles. The molecular weight excluding hydrogens is 403 g/mol. The fraction of sp³-hybridized carbons (Fsp3) is 0.318. The van der Waals surface area contributed by atoms with E-state index in [1.165, 1.54) is 12.1 Å². The van der Waals surface area contributed by atoms with E-state index in [0.29, 0.717) is 31.9 Å². The number of aliphatic imine (C=N–C) groups is 1. The fourth-order valence-corrected chi connectivity index (χ4v) is 4.72. The summed E-state index contributed by atoms with van der Waals surface area (Å²) in [5.41, 5.74) is 2.74. The Balaban J connectivity index is 1.40. The van der Waals surface area contributed by atoms with Gasteiger partial charge in [0.05, 0.1) is 11.5 Å². The number of rotatable bonds is 9. The molecule has 30 heavy (non-hydrogen) atoms. The quantitative estimate of drug-likeness (QED) is 0.277. The van der Waals surface area contributed by atoms with Crippen molar-refractivity contribution < 1.29 is 12.8 Å². The van der Waals surface area contributed by atoms with Gasteiger partial charge >= 0.3 is 0 Å². The summed E-state index contributed by atoms with van der Waals surface area (Å²) in [4.78, 5) is 7.31. The molecule has 160 valence electrons. The number of sulfone groups is 1. The summed E-state index contributed by atoms with van der Waals surface area (Å²) < 4.78 is 38.0. The molecule has 0 radical (unpaired) electrons. The lowest BCUT2D eigenvalue weighted by Gasteiger charge is -2.12. The van der Waals surface area contributed by atoms with Gasteiger partial charge in [0.15, 0.2) is 15.8 Å². The molecule has 0 saturated carbocycles. The number of hydrogen-bond acceptors (Lipinski definition) is 3. The van der Waals surface area contributed by atoms with Crippen LogP contribution in [0.15, 0.2) is 59.7 Å². The number of nitrogens with one attached hydrogen (secondary N) is 3. The van der Waals surface area contributed by atoms with Crippen molar-refractivity contribution in [3.8, 4) is 0 Å². The number of H-pyrrole nitrogens is 1. The second-order valence-electron chi connectivity index (χ2n) is 7.11. The summed E-state index contributed by atoms with van der Waals surface area (Å²) in [5, 5.41) is 7.22. The van der Waals surface area contributed by atoms with Gasteiger partial charge in [-0.1, -0.05) is 30.3 Å². The molecule has 3 aromatic rings. The van der Waals surface area contributed by atoms with Crippen molar-refractivity contribution in [2.45, 2.75) is 18.6 Å². The van der Waals surface area contributed by atoms with Gasteiger partial charge in [-0.3, -0.25) is 4.99 Å². The van der Waals surface area contributed by atoms with Crippen LogP contribution in [0.4, 0.5) is 4.39 Å². The van der Waals surface area contributed by atoms with Crippen molar-refractivity contribution in [3.05, 3.63) is 71.7 Å². The topological polar surface area (TPSA) is 86.3 Å². The van der Waals surface area contributed by atoms with Crippen LogP contribution in [-0.4, -0.2) is 45.3 Å². The maximum Gasteiger partial charge on any atom is 0.190 e. The van der Waals surface area contributed by atoms with Crippen molar-refractivity contribution in [2.24, 2.45) is 4.99 Å². The molecule has 0 fully saturated rings. The summed E-state index contributed by atoms with van der Waals surface area (Å²) in [7, 11) is -1.48. The molecule has 1 aromatic heterocycles. The second kappa shape index (κ2) is 10.2. The van der Waals surface area contributed by atoms with Crippen molar-refractivity contribution >= 4 is 26.7 Å². The molecule has 0 aliphatic carbocycles. The van der Waals surface area contributed by atoms with Crippen LogP contribution >= 0.6 is 0 Å². The summed E-state index contributed by atoms with van der Waals surface area (Å²) in [5.74, 6) is 0.538. The number of fused-ring (bicyclic) bond motifs is 1. The molecule has 3 N–H and O–H groups in total. The van der Waals surface area contributed by atoms with Crippen LogP contribution in [0, 0.1) is 5.82 Å². The molecule has 0 aliphatic heterocycles. The third-order valence-electron chi connectivity index (χ3n) is 4.79. The first kappa shape index (κ1) is 21.8. The zero-order valence-corrected chi connectivity index (χ0v) is 17.8. The highest BCUT2D eigenvalue weighted by Gasteiger charge is 2.11. The van der Waals surface area contributed by atoms with Gasteiger partial charge in [0.2, 0.25) is 0 Å². The van der Waals surface area contributed by atoms with Crippen LogP contribution in [0.5, 0.6) is 0 Å². The van der Waals surface area contributed by atoms with Gasteiger partial charge in [0.1, 0.15) is 5.82 Å². The van der Waals surface area contributed by atoms with Crippen molar-refractivity contribution in [1.29, 1.82) is 0 Å².